The van der Waals surface area contributed by atoms with E-state index in [1.165, 1.54) is 5.56 Å². The van der Waals surface area contributed by atoms with E-state index in [0.29, 0.717) is 18.3 Å². The van der Waals surface area contributed by atoms with Crippen LogP contribution >= 0.6 is 0 Å². The van der Waals surface area contributed by atoms with Gasteiger partial charge in [-0.25, -0.2) is 0 Å². The van der Waals surface area contributed by atoms with E-state index in [2.05, 4.69) is 39.2 Å². The Morgan fingerprint density at radius 2 is 1.86 bits per heavy atom. The highest BCUT2D eigenvalue weighted by molar-refractivity contribution is 5.26. The van der Waals surface area contributed by atoms with Crippen LogP contribution in [0.3, 0.4) is 0 Å². The Hall–Kier alpha value is -1.92. The molecule has 1 aliphatic heterocycles. The van der Waals surface area contributed by atoms with Crippen LogP contribution in [-0.4, -0.2) is 48.3 Å². The van der Waals surface area contributed by atoms with Crippen molar-refractivity contribution in [3.8, 4) is 0 Å². The molecule has 0 spiro atoms. The maximum absolute atomic E-state index is 6.17. The Labute approximate surface area is 124 Å². The van der Waals surface area contributed by atoms with Crippen LogP contribution in [0.5, 0.6) is 0 Å². The molecule has 2 heterocycles. The van der Waals surface area contributed by atoms with Gasteiger partial charge in [-0.05, 0) is 19.0 Å². The minimum Gasteiger partial charge on any atom is -0.406 e. The summed E-state index contributed by atoms with van der Waals surface area (Å²) in [4.78, 5) is 4.40. The maximum atomic E-state index is 6.17. The van der Waals surface area contributed by atoms with E-state index in [0.717, 1.165) is 26.2 Å². The molecule has 1 aromatic heterocycles. The zero-order chi connectivity index (χ0) is 14.7. The number of piperazine rings is 1. The molecule has 21 heavy (non-hydrogen) atoms. The van der Waals surface area contributed by atoms with Crippen molar-refractivity contribution in [3.05, 3.63) is 41.8 Å². The fraction of sp³-hybridized carbons (Fsp3) is 0.467. The SMILES string of the molecule is CN1CCN(c2nnc(C(N)Cc3ccccc3)o2)CC1. The third-order valence-electron chi connectivity index (χ3n) is 3.82. The van der Waals surface area contributed by atoms with Crippen LogP contribution in [0.25, 0.3) is 0 Å². The Bertz CT molecular complexity index is 562. The zero-order valence-corrected chi connectivity index (χ0v) is 12.3. The number of benzene rings is 1. The van der Waals surface area contributed by atoms with Gasteiger partial charge in [0, 0.05) is 26.2 Å². The third kappa shape index (κ3) is 3.40. The predicted octanol–water partition coefficient (Wildman–Crippen LogP) is 1.06. The average molecular weight is 287 g/mol. The minimum atomic E-state index is -0.263. The molecule has 0 saturated carbocycles. The average Bonchev–Trinajstić information content (AvgIpc) is 2.99. The molecule has 112 valence electrons. The first-order valence-corrected chi connectivity index (χ1v) is 7.29. The Kier molecular flexibility index (Phi) is 4.17. The van der Waals surface area contributed by atoms with E-state index >= 15 is 0 Å². The van der Waals surface area contributed by atoms with Crippen molar-refractivity contribution in [2.45, 2.75) is 12.5 Å². The number of likely N-dealkylation sites (N-methyl/N-ethyl adjacent to an activating group) is 1. The smallest absolute Gasteiger partial charge is 0.318 e. The summed E-state index contributed by atoms with van der Waals surface area (Å²) < 4.78 is 5.75. The van der Waals surface area contributed by atoms with Crippen LogP contribution in [0.2, 0.25) is 0 Å². The van der Waals surface area contributed by atoms with Crippen molar-refractivity contribution in [1.82, 2.24) is 15.1 Å². The minimum absolute atomic E-state index is 0.263. The number of rotatable bonds is 4. The first kappa shape index (κ1) is 14.0. The second-order valence-corrected chi connectivity index (χ2v) is 5.51. The summed E-state index contributed by atoms with van der Waals surface area (Å²) in [6, 6.07) is 10.4. The number of nitrogens with zero attached hydrogens (tertiary/aromatic N) is 4. The summed E-state index contributed by atoms with van der Waals surface area (Å²) >= 11 is 0. The zero-order valence-electron chi connectivity index (χ0n) is 12.3. The predicted molar refractivity (Wildman–Crippen MR) is 81.1 cm³/mol. The van der Waals surface area contributed by atoms with Gasteiger partial charge in [-0.15, -0.1) is 5.10 Å². The van der Waals surface area contributed by atoms with Crippen molar-refractivity contribution in [2.75, 3.05) is 38.1 Å². The molecular formula is C15H21N5O. The van der Waals surface area contributed by atoms with Crippen molar-refractivity contribution in [3.63, 3.8) is 0 Å². The number of hydrogen-bond acceptors (Lipinski definition) is 6. The molecule has 1 saturated heterocycles. The summed E-state index contributed by atoms with van der Waals surface area (Å²) in [5, 5.41) is 8.25. The van der Waals surface area contributed by atoms with E-state index in [1.807, 2.05) is 18.2 Å². The van der Waals surface area contributed by atoms with Crippen molar-refractivity contribution >= 4 is 6.01 Å². The van der Waals surface area contributed by atoms with E-state index in [-0.39, 0.29) is 6.04 Å². The number of aromatic nitrogens is 2. The van der Waals surface area contributed by atoms with Crippen LogP contribution in [0.1, 0.15) is 17.5 Å². The molecule has 3 rings (SSSR count). The number of anilines is 1. The Balaban J connectivity index is 1.64. The lowest BCUT2D eigenvalue weighted by molar-refractivity contribution is 0.303. The third-order valence-corrected chi connectivity index (χ3v) is 3.82. The highest BCUT2D eigenvalue weighted by atomic mass is 16.4. The molecule has 2 N–H and O–H groups in total. The van der Waals surface area contributed by atoms with Crippen molar-refractivity contribution < 1.29 is 4.42 Å². The van der Waals surface area contributed by atoms with E-state index < -0.39 is 0 Å². The quantitative estimate of drug-likeness (QED) is 0.907. The largest absolute Gasteiger partial charge is 0.406 e. The van der Waals surface area contributed by atoms with Crippen molar-refractivity contribution in [2.24, 2.45) is 5.73 Å². The lowest BCUT2D eigenvalue weighted by Gasteiger charge is -2.30. The van der Waals surface area contributed by atoms with Gasteiger partial charge in [-0.1, -0.05) is 35.4 Å². The molecule has 0 bridgehead atoms. The highest BCUT2D eigenvalue weighted by Crippen LogP contribution is 2.20. The van der Waals surface area contributed by atoms with Gasteiger partial charge in [0.2, 0.25) is 5.89 Å². The van der Waals surface area contributed by atoms with Crippen LogP contribution in [-0.2, 0) is 6.42 Å². The van der Waals surface area contributed by atoms with Gasteiger partial charge in [0.15, 0.2) is 0 Å². The first-order valence-electron chi connectivity index (χ1n) is 7.29. The lowest BCUT2D eigenvalue weighted by atomic mass is 10.1. The molecule has 0 amide bonds. The van der Waals surface area contributed by atoms with E-state index in [9.17, 15) is 0 Å². The molecule has 0 aliphatic carbocycles. The van der Waals surface area contributed by atoms with Crippen LogP contribution in [0.4, 0.5) is 6.01 Å². The Morgan fingerprint density at radius 3 is 2.57 bits per heavy atom. The van der Waals surface area contributed by atoms with Crippen LogP contribution in [0.15, 0.2) is 34.7 Å². The summed E-state index contributed by atoms with van der Waals surface area (Å²) in [5.41, 5.74) is 7.34. The molecular weight excluding hydrogens is 266 g/mol. The molecule has 1 unspecified atom stereocenters. The topological polar surface area (TPSA) is 71.4 Å². The molecule has 1 fully saturated rings. The summed E-state index contributed by atoms with van der Waals surface area (Å²) in [5.74, 6) is 0.507. The normalized spacial score (nSPS) is 17.9. The van der Waals surface area contributed by atoms with Crippen LogP contribution in [0, 0.1) is 0 Å². The van der Waals surface area contributed by atoms with Crippen LogP contribution < -0.4 is 10.6 Å². The molecule has 1 aliphatic rings. The molecule has 2 aromatic rings. The fourth-order valence-electron chi connectivity index (χ4n) is 2.46. The first-order chi connectivity index (χ1) is 10.2. The molecule has 6 nitrogen and oxygen atoms in total. The van der Waals surface area contributed by atoms with Gasteiger partial charge in [-0.2, -0.15) is 0 Å². The molecule has 1 aromatic carbocycles. The standard InChI is InChI=1S/C15H21N5O/c1-19-7-9-20(10-8-19)15-18-17-14(21-15)13(16)11-12-5-3-2-4-6-12/h2-6,13H,7-11,16H2,1H3. The molecule has 0 radical (unpaired) electrons. The van der Waals surface area contributed by atoms with Gasteiger partial charge in [0.25, 0.3) is 0 Å². The van der Waals surface area contributed by atoms with E-state index in [4.69, 9.17) is 10.2 Å². The van der Waals surface area contributed by atoms with Gasteiger partial charge >= 0.3 is 6.01 Å². The van der Waals surface area contributed by atoms with E-state index in [1.54, 1.807) is 0 Å². The summed E-state index contributed by atoms with van der Waals surface area (Å²) in [6.07, 6.45) is 0.700. The molecule has 1 atom stereocenters. The Morgan fingerprint density at radius 1 is 1.14 bits per heavy atom. The fourth-order valence-corrected chi connectivity index (χ4v) is 2.46. The second-order valence-electron chi connectivity index (χ2n) is 5.51. The van der Waals surface area contributed by atoms with Gasteiger partial charge in [-0.3, -0.25) is 0 Å². The monoisotopic (exact) mass is 287 g/mol. The summed E-state index contributed by atoms with van der Waals surface area (Å²) in [7, 11) is 2.12. The summed E-state index contributed by atoms with van der Waals surface area (Å²) in [6.45, 7) is 3.83. The van der Waals surface area contributed by atoms with Crippen molar-refractivity contribution in [1.29, 1.82) is 0 Å². The van der Waals surface area contributed by atoms with Gasteiger partial charge in [0.05, 0.1) is 6.04 Å². The van der Waals surface area contributed by atoms with Gasteiger partial charge < -0.3 is 20.0 Å². The second kappa shape index (κ2) is 6.24. The maximum Gasteiger partial charge on any atom is 0.318 e. The highest BCUT2D eigenvalue weighted by Gasteiger charge is 2.21. The number of nitrogens with two attached hydrogens (primary N) is 1. The lowest BCUT2D eigenvalue weighted by Crippen LogP contribution is -2.44. The molecule has 6 heteroatoms. The number of hydrogen-bond donors (Lipinski definition) is 1. The van der Waals surface area contributed by atoms with Gasteiger partial charge in [0.1, 0.15) is 0 Å².